The predicted octanol–water partition coefficient (Wildman–Crippen LogP) is 1.93. The molecule has 3 N–H and O–H groups in total. The van der Waals surface area contributed by atoms with E-state index in [2.05, 4.69) is 17.2 Å². The normalized spacial score (nSPS) is 11.6. The van der Waals surface area contributed by atoms with Crippen molar-refractivity contribution in [2.75, 3.05) is 6.54 Å². The molecule has 0 fully saturated rings. The summed E-state index contributed by atoms with van der Waals surface area (Å²) in [5.74, 6) is -1.12. The Morgan fingerprint density at radius 1 is 1.59 bits per heavy atom. The smallest absolute Gasteiger partial charge is 0.331 e. The molecule has 1 unspecified atom stereocenters. The summed E-state index contributed by atoms with van der Waals surface area (Å²) < 4.78 is 0. The SMILES string of the molecule is C=C(Cl)CNC(=O)NC(C(=O)O)c1cccs1. The maximum atomic E-state index is 11.4. The van der Waals surface area contributed by atoms with Gasteiger partial charge >= 0.3 is 12.0 Å². The zero-order chi connectivity index (χ0) is 12.8. The topological polar surface area (TPSA) is 78.4 Å². The number of carboxylic acid groups (broad SMARTS) is 1. The number of urea groups is 1. The summed E-state index contributed by atoms with van der Waals surface area (Å²) in [5, 5.41) is 15.7. The monoisotopic (exact) mass is 274 g/mol. The van der Waals surface area contributed by atoms with Crippen LogP contribution in [0.4, 0.5) is 4.79 Å². The Balaban J connectivity index is 2.59. The van der Waals surface area contributed by atoms with Gasteiger partial charge in [-0.15, -0.1) is 11.3 Å². The van der Waals surface area contributed by atoms with Gasteiger partial charge in [0.2, 0.25) is 0 Å². The van der Waals surface area contributed by atoms with Gasteiger partial charge in [-0.3, -0.25) is 0 Å². The number of nitrogens with one attached hydrogen (secondary N) is 2. The third-order valence-corrected chi connectivity index (χ3v) is 2.86. The summed E-state index contributed by atoms with van der Waals surface area (Å²) >= 11 is 6.73. The molecule has 0 bridgehead atoms. The summed E-state index contributed by atoms with van der Waals surface area (Å²) in [5.41, 5.74) is 0. The van der Waals surface area contributed by atoms with Crippen LogP contribution in [-0.4, -0.2) is 23.7 Å². The highest BCUT2D eigenvalue weighted by molar-refractivity contribution is 7.10. The van der Waals surface area contributed by atoms with Crippen LogP contribution in [-0.2, 0) is 4.79 Å². The number of carbonyl (C=O) groups is 2. The first-order chi connectivity index (χ1) is 8.00. The summed E-state index contributed by atoms with van der Waals surface area (Å²) in [4.78, 5) is 22.9. The summed E-state index contributed by atoms with van der Waals surface area (Å²) in [6.45, 7) is 3.49. The standard InChI is InChI=1S/C10H11ClN2O3S/c1-6(11)5-12-10(16)13-8(9(14)15)7-3-2-4-17-7/h2-4,8H,1,5H2,(H,14,15)(H2,12,13,16). The van der Waals surface area contributed by atoms with Crippen LogP contribution in [0.5, 0.6) is 0 Å². The molecular weight excluding hydrogens is 264 g/mol. The number of rotatable bonds is 5. The lowest BCUT2D eigenvalue weighted by Crippen LogP contribution is -2.40. The largest absolute Gasteiger partial charge is 0.479 e. The minimum Gasteiger partial charge on any atom is -0.479 e. The molecule has 1 aromatic rings. The number of hydrogen-bond acceptors (Lipinski definition) is 3. The first kappa shape index (κ1) is 13.5. The van der Waals surface area contributed by atoms with E-state index in [1.807, 2.05) is 0 Å². The molecule has 5 nitrogen and oxygen atoms in total. The fraction of sp³-hybridized carbons (Fsp3) is 0.200. The molecule has 0 saturated carbocycles. The fourth-order valence-corrected chi connectivity index (χ4v) is 1.90. The van der Waals surface area contributed by atoms with Crippen LogP contribution in [0.15, 0.2) is 29.1 Å². The van der Waals surface area contributed by atoms with Gasteiger partial charge in [-0.1, -0.05) is 24.2 Å². The zero-order valence-corrected chi connectivity index (χ0v) is 10.3. The number of thiophene rings is 1. The minimum atomic E-state index is -1.12. The van der Waals surface area contributed by atoms with Gasteiger partial charge in [-0.05, 0) is 11.4 Å². The summed E-state index contributed by atoms with van der Waals surface area (Å²) in [7, 11) is 0. The zero-order valence-electron chi connectivity index (χ0n) is 8.77. The second kappa shape index (κ2) is 6.27. The number of hydrogen-bond donors (Lipinski definition) is 3. The van der Waals surface area contributed by atoms with Crippen molar-refractivity contribution < 1.29 is 14.7 Å². The Kier molecular flexibility index (Phi) is 4.99. The highest BCUT2D eigenvalue weighted by atomic mass is 35.5. The Hall–Kier alpha value is -1.53. The van der Waals surface area contributed by atoms with E-state index in [0.717, 1.165) is 0 Å². The van der Waals surface area contributed by atoms with Crippen LogP contribution >= 0.6 is 22.9 Å². The number of amides is 2. The van der Waals surface area contributed by atoms with E-state index in [0.29, 0.717) is 4.88 Å². The third-order valence-electron chi connectivity index (χ3n) is 1.79. The van der Waals surface area contributed by atoms with Crippen LogP contribution in [0, 0.1) is 0 Å². The lowest BCUT2D eigenvalue weighted by atomic mass is 10.2. The minimum absolute atomic E-state index is 0.0875. The molecule has 0 aliphatic rings. The van der Waals surface area contributed by atoms with Crippen molar-refractivity contribution in [2.24, 2.45) is 0 Å². The molecule has 17 heavy (non-hydrogen) atoms. The van der Waals surface area contributed by atoms with Crippen LogP contribution in [0.1, 0.15) is 10.9 Å². The van der Waals surface area contributed by atoms with Gasteiger partial charge in [-0.25, -0.2) is 9.59 Å². The van der Waals surface area contributed by atoms with Crippen molar-refractivity contribution in [3.05, 3.63) is 34.0 Å². The van der Waals surface area contributed by atoms with Crippen molar-refractivity contribution in [1.29, 1.82) is 0 Å². The van der Waals surface area contributed by atoms with E-state index in [1.165, 1.54) is 11.3 Å². The van der Waals surface area contributed by atoms with Gasteiger partial charge in [0.1, 0.15) is 0 Å². The summed E-state index contributed by atoms with van der Waals surface area (Å²) in [6, 6.07) is 1.70. The van der Waals surface area contributed by atoms with Crippen molar-refractivity contribution >= 4 is 34.9 Å². The predicted molar refractivity (Wildman–Crippen MR) is 66.2 cm³/mol. The van der Waals surface area contributed by atoms with Gasteiger partial charge in [-0.2, -0.15) is 0 Å². The number of halogens is 1. The molecule has 1 heterocycles. The summed E-state index contributed by atoms with van der Waals surface area (Å²) in [6.07, 6.45) is 0. The molecule has 1 rings (SSSR count). The van der Waals surface area contributed by atoms with E-state index in [4.69, 9.17) is 16.7 Å². The lowest BCUT2D eigenvalue weighted by Gasteiger charge is -2.13. The second-order valence-electron chi connectivity index (χ2n) is 3.13. The molecule has 2 amide bonds. The first-order valence-electron chi connectivity index (χ1n) is 4.64. The molecule has 0 spiro atoms. The van der Waals surface area contributed by atoms with Crippen LogP contribution in [0.2, 0.25) is 0 Å². The lowest BCUT2D eigenvalue weighted by molar-refractivity contribution is -0.139. The highest BCUT2D eigenvalue weighted by Gasteiger charge is 2.22. The van der Waals surface area contributed by atoms with E-state index >= 15 is 0 Å². The molecule has 0 saturated heterocycles. The molecule has 0 aliphatic carbocycles. The van der Waals surface area contributed by atoms with Crippen molar-refractivity contribution in [3.63, 3.8) is 0 Å². The number of carbonyl (C=O) groups excluding carboxylic acids is 1. The maximum absolute atomic E-state index is 11.4. The Morgan fingerprint density at radius 3 is 2.76 bits per heavy atom. The molecule has 1 atom stereocenters. The van der Waals surface area contributed by atoms with Crippen LogP contribution in [0.25, 0.3) is 0 Å². The second-order valence-corrected chi connectivity index (χ2v) is 4.64. The average molecular weight is 275 g/mol. The maximum Gasteiger partial charge on any atom is 0.331 e. The van der Waals surface area contributed by atoms with E-state index in [-0.39, 0.29) is 11.6 Å². The van der Waals surface area contributed by atoms with Crippen molar-refractivity contribution in [2.45, 2.75) is 6.04 Å². The molecule has 0 aromatic carbocycles. The van der Waals surface area contributed by atoms with Gasteiger partial charge < -0.3 is 15.7 Å². The van der Waals surface area contributed by atoms with Crippen LogP contribution < -0.4 is 10.6 Å². The Labute approximate surface area is 107 Å². The van der Waals surface area contributed by atoms with E-state index in [1.54, 1.807) is 17.5 Å². The van der Waals surface area contributed by atoms with Crippen molar-refractivity contribution in [1.82, 2.24) is 10.6 Å². The molecular formula is C10H11ClN2O3S. The number of aliphatic carboxylic acids is 1. The third kappa shape index (κ3) is 4.46. The van der Waals surface area contributed by atoms with Gasteiger partial charge in [0.15, 0.2) is 6.04 Å². The van der Waals surface area contributed by atoms with Crippen LogP contribution in [0.3, 0.4) is 0 Å². The van der Waals surface area contributed by atoms with E-state index in [9.17, 15) is 9.59 Å². The fourth-order valence-electron chi connectivity index (χ4n) is 1.07. The van der Waals surface area contributed by atoms with Gasteiger partial charge in [0.25, 0.3) is 0 Å². The number of carboxylic acids is 1. The Morgan fingerprint density at radius 2 is 2.29 bits per heavy atom. The van der Waals surface area contributed by atoms with E-state index < -0.39 is 18.0 Å². The molecule has 0 aliphatic heterocycles. The van der Waals surface area contributed by atoms with Crippen molar-refractivity contribution in [3.8, 4) is 0 Å². The average Bonchev–Trinajstić information content (AvgIpc) is 2.75. The Bertz CT molecular complexity index is 419. The van der Waals surface area contributed by atoms with Gasteiger partial charge in [0.05, 0.1) is 6.54 Å². The van der Waals surface area contributed by atoms with Gasteiger partial charge in [0, 0.05) is 9.91 Å². The quantitative estimate of drug-likeness (QED) is 0.768. The highest BCUT2D eigenvalue weighted by Crippen LogP contribution is 2.18. The molecule has 1 aromatic heterocycles. The molecule has 7 heteroatoms. The molecule has 92 valence electrons. The first-order valence-corrected chi connectivity index (χ1v) is 5.90. The molecule has 0 radical (unpaired) electrons.